The Morgan fingerprint density at radius 2 is 1.84 bits per heavy atom. The third kappa shape index (κ3) is 2.84. The van der Waals surface area contributed by atoms with Gasteiger partial charge in [-0.3, -0.25) is 0 Å². The molecule has 2 rings (SSSR count). The van der Waals surface area contributed by atoms with Crippen LogP contribution in [-0.2, 0) is 4.74 Å². The van der Waals surface area contributed by atoms with E-state index in [2.05, 4.69) is 28.9 Å². The smallest absolute Gasteiger partial charge is 0.162 e. The molecule has 1 saturated heterocycles. The summed E-state index contributed by atoms with van der Waals surface area (Å²) in [6, 6.07) is 0. The van der Waals surface area contributed by atoms with Crippen LogP contribution in [-0.4, -0.2) is 40.5 Å². The molecule has 104 valence electrons. The Morgan fingerprint density at radius 3 is 2.37 bits per heavy atom. The van der Waals surface area contributed by atoms with Gasteiger partial charge in [-0.1, -0.05) is 12.2 Å². The van der Waals surface area contributed by atoms with E-state index >= 15 is 0 Å². The van der Waals surface area contributed by atoms with Crippen LogP contribution >= 0.6 is 12.2 Å². The molecule has 0 bridgehead atoms. The molecule has 1 fully saturated rings. The van der Waals surface area contributed by atoms with Crippen LogP contribution in [0.25, 0.3) is 0 Å². The van der Waals surface area contributed by atoms with E-state index in [9.17, 15) is 0 Å². The van der Waals surface area contributed by atoms with Crippen molar-refractivity contribution >= 4 is 23.0 Å². The standard InChI is InChI=1S/C13H20N4OS/c1-7-5-17(6-8(2)18-7)13-11(12(14)19)9(3)10(4)15-16-13/h7-8H,5-6H2,1-4H3,(H2,14,19)/t7-,8+. The summed E-state index contributed by atoms with van der Waals surface area (Å²) >= 11 is 5.18. The summed E-state index contributed by atoms with van der Waals surface area (Å²) in [6.45, 7) is 9.55. The lowest BCUT2D eigenvalue weighted by molar-refractivity contribution is -0.00551. The molecule has 0 aromatic carbocycles. The van der Waals surface area contributed by atoms with Gasteiger partial charge in [0.25, 0.3) is 0 Å². The van der Waals surface area contributed by atoms with Crippen LogP contribution in [0.15, 0.2) is 0 Å². The molecule has 19 heavy (non-hydrogen) atoms. The lowest BCUT2D eigenvalue weighted by Gasteiger charge is -2.36. The zero-order valence-electron chi connectivity index (χ0n) is 11.8. The van der Waals surface area contributed by atoms with E-state index in [1.807, 2.05) is 13.8 Å². The summed E-state index contributed by atoms with van der Waals surface area (Å²) in [7, 11) is 0. The molecular formula is C13H20N4OS. The number of anilines is 1. The molecular weight excluding hydrogens is 260 g/mol. The van der Waals surface area contributed by atoms with Gasteiger partial charge >= 0.3 is 0 Å². The fraction of sp³-hybridized carbons (Fsp3) is 0.615. The van der Waals surface area contributed by atoms with E-state index < -0.39 is 0 Å². The van der Waals surface area contributed by atoms with Gasteiger partial charge in [-0.05, 0) is 33.3 Å². The van der Waals surface area contributed by atoms with Crippen LogP contribution in [0.4, 0.5) is 5.82 Å². The lowest BCUT2D eigenvalue weighted by atomic mass is 10.1. The number of nitrogens with two attached hydrogens (primary N) is 1. The van der Waals surface area contributed by atoms with Gasteiger partial charge in [-0.25, -0.2) is 0 Å². The molecule has 5 nitrogen and oxygen atoms in total. The fourth-order valence-corrected chi connectivity index (χ4v) is 2.71. The molecule has 0 amide bonds. The van der Waals surface area contributed by atoms with Crippen molar-refractivity contribution in [1.29, 1.82) is 0 Å². The minimum Gasteiger partial charge on any atom is -0.389 e. The average Bonchev–Trinajstić information content (AvgIpc) is 2.30. The Hall–Kier alpha value is -1.27. The van der Waals surface area contributed by atoms with Gasteiger partial charge in [0.2, 0.25) is 0 Å². The summed E-state index contributed by atoms with van der Waals surface area (Å²) in [6.07, 6.45) is 0.317. The molecule has 1 aromatic rings. The summed E-state index contributed by atoms with van der Waals surface area (Å²) in [5, 5.41) is 8.51. The maximum Gasteiger partial charge on any atom is 0.162 e. The number of thiocarbonyl (C=S) groups is 1. The van der Waals surface area contributed by atoms with Crippen LogP contribution in [0.1, 0.15) is 30.7 Å². The monoisotopic (exact) mass is 280 g/mol. The molecule has 2 heterocycles. The molecule has 6 heteroatoms. The van der Waals surface area contributed by atoms with E-state index in [4.69, 9.17) is 22.7 Å². The van der Waals surface area contributed by atoms with Gasteiger partial charge in [0.15, 0.2) is 5.82 Å². The number of aromatic nitrogens is 2. The summed E-state index contributed by atoms with van der Waals surface area (Å²) in [4.78, 5) is 2.53. The van der Waals surface area contributed by atoms with Crippen molar-refractivity contribution in [1.82, 2.24) is 10.2 Å². The molecule has 1 aliphatic rings. The van der Waals surface area contributed by atoms with Crippen LogP contribution in [0.3, 0.4) is 0 Å². The molecule has 0 spiro atoms. The molecule has 1 aromatic heterocycles. The number of hydrogen-bond donors (Lipinski definition) is 1. The van der Waals surface area contributed by atoms with Gasteiger partial charge in [0, 0.05) is 13.1 Å². The Labute approximate surface area is 119 Å². The van der Waals surface area contributed by atoms with Gasteiger partial charge in [0.05, 0.1) is 23.5 Å². The molecule has 0 saturated carbocycles. The molecule has 0 radical (unpaired) electrons. The highest BCUT2D eigenvalue weighted by atomic mass is 32.1. The zero-order chi connectivity index (χ0) is 14.2. The van der Waals surface area contributed by atoms with Crippen LogP contribution < -0.4 is 10.6 Å². The largest absolute Gasteiger partial charge is 0.389 e. The third-order valence-electron chi connectivity index (χ3n) is 3.40. The Kier molecular flexibility index (Phi) is 4.01. The van der Waals surface area contributed by atoms with Crippen molar-refractivity contribution in [3.05, 3.63) is 16.8 Å². The second-order valence-corrected chi connectivity index (χ2v) is 5.58. The van der Waals surface area contributed by atoms with Crippen LogP contribution in [0.5, 0.6) is 0 Å². The molecule has 1 aliphatic heterocycles. The van der Waals surface area contributed by atoms with Crippen molar-refractivity contribution < 1.29 is 4.74 Å². The van der Waals surface area contributed by atoms with E-state index in [0.717, 1.165) is 35.7 Å². The third-order valence-corrected chi connectivity index (χ3v) is 3.61. The number of morpholine rings is 1. The number of ether oxygens (including phenoxy) is 1. The first-order chi connectivity index (χ1) is 8.90. The fourth-order valence-electron chi connectivity index (χ4n) is 2.46. The first-order valence-corrected chi connectivity index (χ1v) is 6.85. The van der Waals surface area contributed by atoms with Gasteiger partial charge in [-0.2, -0.15) is 5.10 Å². The quantitative estimate of drug-likeness (QED) is 0.825. The predicted octanol–water partition coefficient (Wildman–Crippen LogP) is 1.34. The first-order valence-electron chi connectivity index (χ1n) is 6.44. The number of nitrogens with zero attached hydrogens (tertiary/aromatic N) is 3. The topological polar surface area (TPSA) is 64.3 Å². The van der Waals surface area contributed by atoms with E-state index in [1.165, 1.54) is 0 Å². The molecule has 2 atom stereocenters. The predicted molar refractivity (Wildman–Crippen MR) is 79.6 cm³/mol. The molecule has 0 unspecified atom stereocenters. The first kappa shape index (κ1) is 14.1. The highest BCUT2D eigenvalue weighted by molar-refractivity contribution is 7.80. The van der Waals surface area contributed by atoms with E-state index in [0.29, 0.717) is 4.99 Å². The zero-order valence-corrected chi connectivity index (χ0v) is 12.6. The lowest BCUT2D eigenvalue weighted by Crippen LogP contribution is -2.46. The minimum atomic E-state index is 0.159. The van der Waals surface area contributed by atoms with Crippen molar-refractivity contribution in [2.75, 3.05) is 18.0 Å². The van der Waals surface area contributed by atoms with Gasteiger partial charge in [0.1, 0.15) is 4.99 Å². The number of rotatable bonds is 2. The summed E-state index contributed by atoms with van der Waals surface area (Å²) in [5.41, 5.74) is 8.57. The minimum absolute atomic E-state index is 0.159. The van der Waals surface area contributed by atoms with Crippen molar-refractivity contribution in [3.8, 4) is 0 Å². The Morgan fingerprint density at radius 1 is 1.26 bits per heavy atom. The average molecular weight is 280 g/mol. The molecule has 2 N–H and O–H groups in total. The van der Waals surface area contributed by atoms with Gasteiger partial charge in [-0.15, -0.1) is 5.10 Å². The van der Waals surface area contributed by atoms with E-state index in [-0.39, 0.29) is 12.2 Å². The maximum atomic E-state index is 5.87. The Balaban J connectivity index is 2.44. The second-order valence-electron chi connectivity index (χ2n) is 5.14. The maximum absolute atomic E-state index is 5.87. The van der Waals surface area contributed by atoms with Crippen molar-refractivity contribution in [2.45, 2.75) is 39.9 Å². The molecule has 0 aliphatic carbocycles. The highest BCUT2D eigenvalue weighted by Gasteiger charge is 2.27. The van der Waals surface area contributed by atoms with E-state index in [1.54, 1.807) is 0 Å². The SMILES string of the molecule is Cc1nnc(N2C[C@@H](C)O[C@@H](C)C2)c(C(N)=S)c1C. The number of aryl methyl sites for hydroxylation is 1. The Bertz CT molecular complexity index is 496. The van der Waals surface area contributed by atoms with Crippen LogP contribution in [0, 0.1) is 13.8 Å². The van der Waals surface area contributed by atoms with Crippen molar-refractivity contribution in [3.63, 3.8) is 0 Å². The number of hydrogen-bond acceptors (Lipinski definition) is 5. The second kappa shape index (κ2) is 5.38. The summed E-state index contributed by atoms with van der Waals surface area (Å²) < 4.78 is 5.74. The van der Waals surface area contributed by atoms with Crippen molar-refractivity contribution in [2.24, 2.45) is 5.73 Å². The highest BCUT2D eigenvalue weighted by Crippen LogP contribution is 2.25. The summed E-state index contributed by atoms with van der Waals surface area (Å²) in [5.74, 6) is 0.776. The van der Waals surface area contributed by atoms with Gasteiger partial charge < -0.3 is 15.4 Å². The normalized spacial score (nSPS) is 23.5. The van der Waals surface area contributed by atoms with Crippen LogP contribution in [0.2, 0.25) is 0 Å².